The molecule has 1 aliphatic carbocycles. The van der Waals surface area contributed by atoms with Crippen LogP contribution in [-0.2, 0) is 13.6 Å². The molecule has 1 saturated carbocycles. The van der Waals surface area contributed by atoms with Crippen molar-refractivity contribution in [2.24, 2.45) is 7.05 Å². The van der Waals surface area contributed by atoms with E-state index in [1.54, 1.807) is 23.0 Å². The number of hydrogen-bond donors (Lipinski definition) is 3. The van der Waals surface area contributed by atoms with Crippen LogP contribution in [0.1, 0.15) is 28.8 Å². The summed E-state index contributed by atoms with van der Waals surface area (Å²) in [5.74, 6) is 0.485. The molecule has 3 heterocycles. The molecule has 0 atom stereocenters. The highest BCUT2D eigenvalue weighted by molar-refractivity contribution is 6.34. The van der Waals surface area contributed by atoms with E-state index in [1.807, 2.05) is 48.1 Å². The molecule has 35 heavy (non-hydrogen) atoms. The zero-order valence-corrected chi connectivity index (χ0v) is 19.8. The van der Waals surface area contributed by atoms with Gasteiger partial charge in [-0.25, -0.2) is 9.97 Å². The Bertz CT molecular complexity index is 1600. The van der Waals surface area contributed by atoms with E-state index in [1.165, 1.54) is 0 Å². The summed E-state index contributed by atoms with van der Waals surface area (Å²) in [6, 6.07) is 11.3. The molecule has 0 unspecified atom stereocenters. The van der Waals surface area contributed by atoms with Crippen LogP contribution in [0.2, 0.25) is 5.02 Å². The molecule has 9 nitrogen and oxygen atoms in total. The van der Waals surface area contributed by atoms with Crippen LogP contribution in [0.15, 0.2) is 55.0 Å². The lowest BCUT2D eigenvalue weighted by Gasteiger charge is -2.12. The van der Waals surface area contributed by atoms with Crippen LogP contribution >= 0.6 is 11.6 Å². The number of nitrogens with one attached hydrogen (secondary N) is 2. The van der Waals surface area contributed by atoms with Gasteiger partial charge in [-0.3, -0.25) is 13.9 Å². The van der Waals surface area contributed by atoms with E-state index in [2.05, 4.69) is 20.7 Å². The van der Waals surface area contributed by atoms with Gasteiger partial charge in [-0.1, -0.05) is 17.7 Å². The van der Waals surface area contributed by atoms with E-state index in [0.717, 1.165) is 40.7 Å². The van der Waals surface area contributed by atoms with Crippen molar-refractivity contribution >= 4 is 45.7 Å². The zero-order valence-electron chi connectivity index (χ0n) is 19.0. The summed E-state index contributed by atoms with van der Waals surface area (Å²) in [6.07, 6.45) is 7.59. The van der Waals surface area contributed by atoms with Crippen molar-refractivity contribution in [1.82, 2.24) is 29.5 Å². The molecule has 0 radical (unpaired) electrons. The monoisotopic (exact) mass is 486 g/mol. The van der Waals surface area contributed by atoms with Crippen LogP contribution in [0, 0.1) is 0 Å². The molecule has 1 fully saturated rings. The van der Waals surface area contributed by atoms with Gasteiger partial charge in [0.1, 0.15) is 0 Å². The number of halogens is 1. The van der Waals surface area contributed by atoms with Crippen molar-refractivity contribution in [3.05, 3.63) is 71.1 Å². The van der Waals surface area contributed by atoms with Gasteiger partial charge in [0, 0.05) is 42.6 Å². The lowest BCUT2D eigenvalue weighted by Crippen LogP contribution is -2.25. The second kappa shape index (κ2) is 8.28. The quantitative estimate of drug-likeness (QED) is 0.312. The van der Waals surface area contributed by atoms with Crippen molar-refractivity contribution in [2.45, 2.75) is 25.4 Å². The van der Waals surface area contributed by atoms with Crippen LogP contribution in [-0.4, -0.2) is 36.1 Å². The van der Waals surface area contributed by atoms with E-state index < -0.39 is 0 Å². The first-order valence-corrected chi connectivity index (χ1v) is 11.7. The van der Waals surface area contributed by atoms with Gasteiger partial charge in [-0.2, -0.15) is 5.10 Å². The Labute approximate surface area is 205 Å². The lowest BCUT2D eigenvalue weighted by molar-refractivity contribution is 0.0951. The van der Waals surface area contributed by atoms with Crippen LogP contribution in [0.25, 0.3) is 27.9 Å². The smallest absolute Gasteiger partial charge is 0.253 e. The summed E-state index contributed by atoms with van der Waals surface area (Å²) in [7, 11) is 1.88. The predicted octanol–water partition coefficient (Wildman–Crippen LogP) is 4.02. The van der Waals surface area contributed by atoms with Gasteiger partial charge in [-0.15, -0.1) is 0 Å². The van der Waals surface area contributed by atoms with Gasteiger partial charge in [-0.05, 0) is 43.2 Å². The van der Waals surface area contributed by atoms with Gasteiger partial charge in [0.2, 0.25) is 0 Å². The maximum absolute atomic E-state index is 12.5. The van der Waals surface area contributed by atoms with Gasteiger partial charge in [0.25, 0.3) is 5.91 Å². The SMILES string of the molecule is Cn1cc(CNc2nc3cc(N)ccc3n3c(-c4ccc(C(=O)NC5CC5)c(Cl)c4)cnc23)cn1. The van der Waals surface area contributed by atoms with E-state index in [-0.39, 0.29) is 11.9 Å². The molecule has 1 amide bonds. The third kappa shape index (κ3) is 4.04. The van der Waals surface area contributed by atoms with Crippen LogP contribution in [0.3, 0.4) is 0 Å². The van der Waals surface area contributed by atoms with Gasteiger partial charge in [0.15, 0.2) is 11.5 Å². The molecule has 0 aliphatic heterocycles. The number of imidazole rings is 1. The van der Waals surface area contributed by atoms with Crippen molar-refractivity contribution in [3.8, 4) is 11.3 Å². The minimum atomic E-state index is -0.144. The third-order valence-electron chi connectivity index (χ3n) is 6.09. The number of nitrogen functional groups attached to an aromatic ring is 1. The molecule has 0 saturated heterocycles. The van der Waals surface area contributed by atoms with Gasteiger partial charge >= 0.3 is 0 Å². The van der Waals surface area contributed by atoms with Crippen molar-refractivity contribution in [1.29, 1.82) is 0 Å². The molecule has 6 rings (SSSR count). The molecule has 10 heteroatoms. The first-order valence-electron chi connectivity index (χ1n) is 11.3. The zero-order chi connectivity index (χ0) is 24.1. The number of carbonyl (C=O) groups is 1. The van der Waals surface area contributed by atoms with E-state index in [4.69, 9.17) is 22.3 Å². The average Bonchev–Trinajstić information content (AvgIpc) is 3.36. The maximum Gasteiger partial charge on any atom is 0.253 e. The molecular weight excluding hydrogens is 464 g/mol. The van der Waals surface area contributed by atoms with E-state index in [9.17, 15) is 4.79 Å². The Morgan fingerprint density at radius 3 is 2.80 bits per heavy atom. The number of nitrogens with two attached hydrogens (primary N) is 1. The van der Waals surface area contributed by atoms with Crippen molar-refractivity contribution < 1.29 is 4.79 Å². The fourth-order valence-corrected chi connectivity index (χ4v) is 4.44. The summed E-state index contributed by atoms with van der Waals surface area (Å²) in [5.41, 5.74) is 12.1. The second-order valence-electron chi connectivity index (χ2n) is 8.83. The average molecular weight is 487 g/mol. The highest BCUT2D eigenvalue weighted by Crippen LogP contribution is 2.32. The minimum Gasteiger partial charge on any atom is -0.399 e. The number of aromatic nitrogens is 5. The number of anilines is 2. The molecule has 1 aliphatic rings. The first-order chi connectivity index (χ1) is 17.0. The second-order valence-corrected chi connectivity index (χ2v) is 9.24. The molecule has 4 N–H and O–H groups in total. The highest BCUT2D eigenvalue weighted by atomic mass is 35.5. The summed E-state index contributed by atoms with van der Waals surface area (Å²) in [5, 5.41) is 11.0. The van der Waals surface area contributed by atoms with E-state index >= 15 is 0 Å². The normalized spacial score (nSPS) is 13.4. The first kappa shape index (κ1) is 21.4. The number of nitrogens with zero attached hydrogens (tertiary/aromatic N) is 5. The number of carbonyl (C=O) groups excluding carboxylic acids is 1. The van der Waals surface area contributed by atoms with Crippen LogP contribution in [0.5, 0.6) is 0 Å². The standard InChI is InChI=1S/C25H23ClN8O/c1-33-13-14(11-30-33)10-28-23-24-29-12-22(34(24)21-7-3-16(27)9-20(21)32-23)15-2-6-18(19(26)8-15)25(35)31-17-4-5-17/h2-3,6-9,11-13,17H,4-5,10,27H2,1H3,(H,28,32)(H,31,35). The van der Waals surface area contributed by atoms with Crippen molar-refractivity contribution in [3.63, 3.8) is 0 Å². The summed E-state index contributed by atoms with van der Waals surface area (Å²) >= 11 is 6.55. The molecule has 0 spiro atoms. The highest BCUT2D eigenvalue weighted by Gasteiger charge is 2.25. The third-order valence-corrected chi connectivity index (χ3v) is 6.40. The van der Waals surface area contributed by atoms with Gasteiger partial charge < -0.3 is 16.4 Å². The summed E-state index contributed by atoms with van der Waals surface area (Å²) in [4.78, 5) is 22.0. The Kier molecular flexibility index (Phi) is 5.07. The number of benzene rings is 2. The fraction of sp³-hybridized carbons (Fsp3) is 0.200. The molecular formula is C25H23ClN8O. The molecule has 3 aromatic heterocycles. The number of rotatable bonds is 6. The Hall–Kier alpha value is -4.11. The largest absolute Gasteiger partial charge is 0.399 e. The minimum absolute atomic E-state index is 0.144. The fourth-order valence-electron chi connectivity index (χ4n) is 4.17. The van der Waals surface area contributed by atoms with Crippen molar-refractivity contribution in [2.75, 3.05) is 11.1 Å². The number of amides is 1. The maximum atomic E-state index is 12.5. The summed E-state index contributed by atoms with van der Waals surface area (Å²) < 4.78 is 3.79. The topological polar surface area (TPSA) is 115 Å². The number of hydrogen-bond acceptors (Lipinski definition) is 6. The number of fused-ring (bicyclic) bond motifs is 3. The number of aryl methyl sites for hydroxylation is 1. The van der Waals surface area contributed by atoms with Crippen LogP contribution in [0.4, 0.5) is 11.5 Å². The van der Waals surface area contributed by atoms with Gasteiger partial charge in [0.05, 0.1) is 39.7 Å². The Morgan fingerprint density at radius 2 is 2.06 bits per heavy atom. The lowest BCUT2D eigenvalue weighted by atomic mass is 10.1. The van der Waals surface area contributed by atoms with E-state index in [0.29, 0.717) is 34.3 Å². The molecule has 0 bridgehead atoms. The Balaban J connectivity index is 1.44. The molecule has 176 valence electrons. The molecule has 2 aromatic carbocycles. The van der Waals surface area contributed by atoms with Crippen LogP contribution < -0.4 is 16.4 Å². The predicted molar refractivity (Wildman–Crippen MR) is 136 cm³/mol. The Morgan fingerprint density at radius 1 is 1.20 bits per heavy atom. The molecule has 5 aromatic rings. The summed E-state index contributed by atoms with van der Waals surface area (Å²) in [6.45, 7) is 0.545.